The Kier molecular flexibility index (Phi) is 2.55. The zero-order valence-electron chi connectivity index (χ0n) is 9.83. The SMILES string of the molecule is C[C@@H]1N(C)C=CN1[B]N1C=CN(C)[C@@H]1C. The van der Waals surface area contributed by atoms with E-state index in [1.807, 2.05) is 0 Å². The summed E-state index contributed by atoms with van der Waals surface area (Å²) in [7, 11) is 6.32. The minimum absolute atomic E-state index is 0.400. The maximum atomic E-state index is 2.21. The second-order valence-electron chi connectivity index (χ2n) is 4.20. The van der Waals surface area contributed by atoms with Gasteiger partial charge in [-0.2, -0.15) is 0 Å². The molecule has 2 aliphatic heterocycles. The van der Waals surface area contributed by atoms with E-state index in [0.29, 0.717) is 12.3 Å². The summed E-state index contributed by atoms with van der Waals surface area (Å²) in [5, 5.41) is 0. The summed E-state index contributed by atoms with van der Waals surface area (Å²) in [4.78, 5) is 8.79. The number of hydrogen-bond donors (Lipinski definition) is 0. The van der Waals surface area contributed by atoms with Gasteiger partial charge in [-0.25, -0.2) is 0 Å². The second-order valence-corrected chi connectivity index (χ2v) is 4.20. The van der Waals surface area contributed by atoms with Gasteiger partial charge in [0.1, 0.15) is 0 Å². The third kappa shape index (κ3) is 1.78. The van der Waals surface area contributed by atoms with Gasteiger partial charge in [-0.15, -0.1) is 0 Å². The zero-order valence-corrected chi connectivity index (χ0v) is 9.83. The van der Waals surface area contributed by atoms with E-state index >= 15 is 0 Å². The lowest BCUT2D eigenvalue weighted by molar-refractivity contribution is 0.236. The highest BCUT2D eigenvalue weighted by Crippen LogP contribution is 2.17. The first-order valence-corrected chi connectivity index (χ1v) is 5.30. The van der Waals surface area contributed by atoms with Gasteiger partial charge in [-0.05, 0) is 13.8 Å². The minimum Gasteiger partial charge on any atom is -0.384 e. The standard InChI is InChI=1S/C10H18BN4/c1-9-12(3)5-7-14(9)11-15-8-6-13(4)10(15)2/h5-10H,1-4H3/t9-,10+. The molecule has 0 spiro atoms. The molecule has 81 valence electrons. The third-order valence-electron chi connectivity index (χ3n) is 3.26. The molecule has 0 aromatic carbocycles. The molecule has 0 N–H and O–H groups in total. The van der Waals surface area contributed by atoms with Crippen LogP contribution in [0.4, 0.5) is 0 Å². The topological polar surface area (TPSA) is 13.0 Å². The molecule has 0 aromatic heterocycles. The molecule has 4 nitrogen and oxygen atoms in total. The van der Waals surface area contributed by atoms with E-state index in [2.05, 4.69) is 79.7 Å². The molecule has 15 heavy (non-hydrogen) atoms. The third-order valence-corrected chi connectivity index (χ3v) is 3.26. The Morgan fingerprint density at radius 1 is 0.800 bits per heavy atom. The summed E-state index contributed by atoms with van der Waals surface area (Å²) in [6.07, 6.45) is 9.19. The smallest absolute Gasteiger partial charge is 0.384 e. The Morgan fingerprint density at radius 2 is 1.20 bits per heavy atom. The van der Waals surface area contributed by atoms with Crippen LogP contribution in [0, 0.1) is 0 Å². The summed E-state index contributed by atoms with van der Waals surface area (Å²) in [5.74, 6) is 0. The molecule has 0 amide bonds. The molecule has 0 aromatic rings. The van der Waals surface area contributed by atoms with E-state index in [0.717, 1.165) is 0 Å². The molecule has 0 unspecified atom stereocenters. The highest BCUT2D eigenvalue weighted by molar-refractivity contribution is 6.29. The van der Waals surface area contributed by atoms with Crippen LogP contribution in [-0.2, 0) is 0 Å². The van der Waals surface area contributed by atoms with Gasteiger partial charge in [0.15, 0.2) is 0 Å². The highest BCUT2D eigenvalue weighted by Gasteiger charge is 2.26. The minimum atomic E-state index is 0.400. The molecule has 0 saturated carbocycles. The van der Waals surface area contributed by atoms with Crippen LogP contribution in [0.15, 0.2) is 24.8 Å². The zero-order chi connectivity index (χ0) is 11.0. The average Bonchev–Trinajstić information content (AvgIpc) is 2.68. The van der Waals surface area contributed by atoms with Crippen molar-refractivity contribution in [3.8, 4) is 0 Å². The van der Waals surface area contributed by atoms with Crippen LogP contribution >= 0.6 is 0 Å². The van der Waals surface area contributed by atoms with Crippen LogP contribution in [0.5, 0.6) is 0 Å². The van der Waals surface area contributed by atoms with E-state index in [-0.39, 0.29) is 0 Å². The van der Waals surface area contributed by atoms with Gasteiger partial charge < -0.3 is 19.4 Å². The lowest BCUT2D eigenvalue weighted by Gasteiger charge is -2.33. The van der Waals surface area contributed by atoms with Crippen LogP contribution in [0.25, 0.3) is 0 Å². The Balaban J connectivity index is 1.93. The number of hydrogen-bond acceptors (Lipinski definition) is 4. The molecule has 0 bridgehead atoms. The van der Waals surface area contributed by atoms with Crippen molar-refractivity contribution in [1.82, 2.24) is 19.4 Å². The van der Waals surface area contributed by atoms with Crippen LogP contribution < -0.4 is 0 Å². The van der Waals surface area contributed by atoms with Crippen molar-refractivity contribution >= 4 is 7.55 Å². The number of nitrogens with zero attached hydrogens (tertiary/aromatic N) is 4. The molecule has 0 saturated heterocycles. The summed E-state index contributed by atoms with van der Waals surface area (Å²) in [6.45, 7) is 4.37. The van der Waals surface area contributed by atoms with E-state index in [9.17, 15) is 0 Å². The molecule has 0 fully saturated rings. The quantitative estimate of drug-likeness (QED) is 0.613. The summed E-state index contributed by atoms with van der Waals surface area (Å²) < 4.78 is 0. The summed E-state index contributed by atoms with van der Waals surface area (Å²) >= 11 is 0. The van der Waals surface area contributed by atoms with Crippen LogP contribution in [0.1, 0.15) is 13.8 Å². The maximum Gasteiger partial charge on any atom is 0.393 e. The largest absolute Gasteiger partial charge is 0.393 e. The first kappa shape index (κ1) is 10.3. The molecule has 2 heterocycles. The van der Waals surface area contributed by atoms with E-state index in [4.69, 9.17) is 0 Å². The maximum absolute atomic E-state index is 2.21. The number of rotatable bonds is 2. The van der Waals surface area contributed by atoms with Crippen molar-refractivity contribution in [3.63, 3.8) is 0 Å². The van der Waals surface area contributed by atoms with Gasteiger partial charge in [-0.1, -0.05) is 0 Å². The van der Waals surface area contributed by atoms with Crippen molar-refractivity contribution in [2.24, 2.45) is 0 Å². The lowest BCUT2D eigenvalue weighted by Crippen LogP contribution is -2.46. The van der Waals surface area contributed by atoms with Gasteiger partial charge in [-0.3, -0.25) is 0 Å². The van der Waals surface area contributed by atoms with Crippen LogP contribution in [0.2, 0.25) is 0 Å². The molecular weight excluding hydrogens is 187 g/mol. The van der Waals surface area contributed by atoms with Crippen LogP contribution in [0.3, 0.4) is 0 Å². The normalized spacial score (nSPS) is 29.6. The van der Waals surface area contributed by atoms with Crippen molar-refractivity contribution in [2.45, 2.75) is 26.2 Å². The average molecular weight is 205 g/mol. The predicted octanol–water partition coefficient (Wildman–Crippen LogP) is 0.650. The molecule has 1 radical (unpaired) electrons. The molecule has 2 aliphatic rings. The first-order chi connectivity index (χ1) is 7.09. The van der Waals surface area contributed by atoms with Gasteiger partial charge in [0.2, 0.25) is 0 Å². The van der Waals surface area contributed by atoms with Crippen LogP contribution in [-0.4, -0.2) is 53.4 Å². The van der Waals surface area contributed by atoms with E-state index in [1.54, 1.807) is 0 Å². The fourth-order valence-electron chi connectivity index (χ4n) is 1.71. The lowest BCUT2D eigenvalue weighted by atomic mass is 10.0. The Bertz CT molecular complexity index is 263. The molecule has 0 aliphatic carbocycles. The summed E-state index contributed by atoms with van der Waals surface area (Å²) in [6, 6.07) is 0. The van der Waals surface area contributed by atoms with Gasteiger partial charge in [0, 0.05) is 38.9 Å². The molecule has 2 atom stereocenters. The fourth-order valence-corrected chi connectivity index (χ4v) is 1.71. The predicted molar refractivity (Wildman–Crippen MR) is 62.2 cm³/mol. The highest BCUT2D eigenvalue weighted by atomic mass is 15.4. The van der Waals surface area contributed by atoms with Crippen molar-refractivity contribution in [2.75, 3.05) is 14.1 Å². The fraction of sp³-hybridized carbons (Fsp3) is 0.600. The van der Waals surface area contributed by atoms with Gasteiger partial charge in [0.05, 0.1) is 12.3 Å². The Hall–Kier alpha value is -1.26. The molecule has 2 rings (SSSR count). The Morgan fingerprint density at radius 3 is 1.47 bits per heavy atom. The molecule has 5 heteroatoms. The van der Waals surface area contributed by atoms with E-state index in [1.165, 1.54) is 0 Å². The van der Waals surface area contributed by atoms with Crippen molar-refractivity contribution < 1.29 is 0 Å². The van der Waals surface area contributed by atoms with Crippen molar-refractivity contribution in [3.05, 3.63) is 24.8 Å². The summed E-state index contributed by atoms with van der Waals surface area (Å²) in [5.41, 5.74) is 0. The van der Waals surface area contributed by atoms with Gasteiger partial charge in [0.25, 0.3) is 0 Å². The second kappa shape index (κ2) is 3.72. The molecular formula is C10H18BN4. The Labute approximate surface area is 92.7 Å². The monoisotopic (exact) mass is 205 g/mol. The van der Waals surface area contributed by atoms with E-state index < -0.39 is 0 Å². The van der Waals surface area contributed by atoms with Crippen molar-refractivity contribution in [1.29, 1.82) is 0 Å². The first-order valence-electron chi connectivity index (χ1n) is 5.30. The van der Waals surface area contributed by atoms with Gasteiger partial charge >= 0.3 is 7.55 Å².